The highest BCUT2D eigenvalue weighted by Crippen LogP contribution is 2.35. The Kier molecular flexibility index (Phi) is 4.71. The molecular weight excluding hydrogens is 352 g/mol. The Balaban J connectivity index is 1.55. The smallest absolute Gasteiger partial charge is 0.253 e. The second-order valence-electron chi connectivity index (χ2n) is 7.74. The maximum Gasteiger partial charge on any atom is 0.253 e. The van der Waals surface area contributed by atoms with E-state index < -0.39 is 5.60 Å². The second kappa shape index (κ2) is 6.87. The number of ether oxygens (including phenoxy) is 1. The predicted octanol–water partition coefficient (Wildman–Crippen LogP) is 3.45. The quantitative estimate of drug-likeness (QED) is 0.785. The van der Waals surface area contributed by atoms with Crippen LogP contribution in [0.4, 0.5) is 0 Å². The number of alkyl halides is 1. The Morgan fingerprint density at radius 2 is 2.12 bits per heavy atom. The van der Waals surface area contributed by atoms with Crippen LogP contribution in [0.3, 0.4) is 0 Å². The Morgan fingerprint density at radius 3 is 2.77 bits per heavy atom. The Morgan fingerprint density at radius 1 is 1.38 bits per heavy atom. The summed E-state index contributed by atoms with van der Waals surface area (Å²) in [5.41, 5.74) is 0.343. The number of para-hydroxylation sites is 1. The van der Waals surface area contributed by atoms with E-state index in [9.17, 15) is 9.90 Å². The molecule has 2 heterocycles. The lowest BCUT2D eigenvalue weighted by Gasteiger charge is -2.33. The number of benzene rings is 1. The maximum absolute atomic E-state index is 12.8. The summed E-state index contributed by atoms with van der Waals surface area (Å²) >= 11 is 6.16. The van der Waals surface area contributed by atoms with Crippen molar-refractivity contribution in [2.45, 2.75) is 49.8 Å². The number of nitrogens with zero attached hydrogens (tertiary/aromatic N) is 1. The van der Waals surface area contributed by atoms with E-state index in [0.717, 1.165) is 36.6 Å². The van der Waals surface area contributed by atoms with Crippen molar-refractivity contribution in [3.63, 3.8) is 0 Å². The first-order valence-electron chi connectivity index (χ1n) is 9.33. The van der Waals surface area contributed by atoms with Gasteiger partial charge in [-0.15, -0.1) is 0 Å². The number of aromatic nitrogens is 1. The molecule has 6 heteroatoms. The fraction of sp³-hybridized carbons (Fsp3) is 0.550. The van der Waals surface area contributed by atoms with Gasteiger partial charge in [0.05, 0.1) is 23.8 Å². The number of hydrogen-bond donors (Lipinski definition) is 2. The molecule has 2 aromatic rings. The Hall–Kier alpha value is -1.56. The molecule has 1 amide bonds. The van der Waals surface area contributed by atoms with Crippen LogP contribution in [0.2, 0.25) is 0 Å². The highest BCUT2D eigenvalue weighted by molar-refractivity contribution is 6.20. The topological polar surface area (TPSA) is 63.5 Å². The SMILES string of the molecule is CC(O)(CNC(=O)c1cn(C2COC2Cl)c2ccccc12)C1CCCC1. The van der Waals surface area contributed by atoms with E-state index in [2.05, 4.69) is 5.32 Å². The fourth-order valence-electron chi connectivity index (χ4n) is 4.17. The largest absolute Gasteiger partial charge is 0.388 e. The molecule has 2 aliphatic rings. The average Bonchev–Trinajstić information content (AvgIpc) is 3.28. The molecule has 2 N–H and O–H groups in total. The van der Waals surface area contributed by atoms with Gasteiger partial charge in [0.15, 0.2) is 5.56 Å². The van der Waals surface area contributed by atoms with E-state index in [1.807, 2.05) is 42.0 Å². The van der Waals surface area contributed by atoms with Crippen molar-refractivity contribution in [3.05, 3.63) is 36.0 Å². The lowest BCUT2D eigenvalue weighted by molar-refractivity contribution is -0.0523. The van der Waals surface area contributed by atoms with Crippen LogP contribution >= 0.6 is 11.6 Å². The zero-order chi connectivity index (χ0) is 18.3. The minimum atomic E-state index is -0.867. The van der Waals surface area contributed by atoms with Gasteiger partial charge in [0.2, 0.25) is 0 Å². The van der Waals surface area contributed by atoms with Gasteiger partial charge in [0, 0.05) is 23.6 Å². The van der Waals surface area contributed by atoms with E-state index in [1.54, 1.807) is 0 Å². The van der Waals surface area contributed by atoms with Crippen molar-refractivity contribution in [1.82, 2.24) is 9.88 Å². The van der Waals surface area contributed by atoms with Crippen LogP contribution in [-0.4, -0.2) is 39.9 Å². The minimum absolute atomic E-state index is 0.0321. The molecule has 0 radical (unpaired) electrons. The minimum Gasteiger partial charge on any atom is -0.388 e. The van der Waals surface area contributed by atoms with Crippen LogP contribution in [-0.2, 0) is 4.74 Å². The van der Waals surface area contributed by atoms with Crippen molar-refractivity contribution >= 4 is 28.4 Å². The third kappa shape index (κ3) is 3.13. The zero-order valence-corrected chi connectivity index (χ0v) is 15.7. The van der Waals surface area contributed by atoms with Crippen LogP contribution < -0.4 is 5.32 Å². The summed E-state index contributed by atoms with van der Waals surface area (Å²) in [5, 5.41) is 14.6. The molecular formula is C20H25ClN2O3. The van der Waals surface area contributed by atoms with Gasteiger partial charge in [-0.3, -0.25) is 4.79 Å². The van der Waals surface area contributed by atoms with Gasteiger partial charge in [-0.25, -0.2) is 0 Å². The van der Waals surface area contributed by atoms with E-state index >= 15 is 0 Å². The van der Waals surface area contributed by atoms with Gasteiger partial charge < -0.3 is 19.7 Å². The second-order valence-corrected chi connectivity index (χ2v) is 8.17. The molecule has 3 unspecified atom stereocenters. The average molecular weight is 377 g/mol. The van der Waals surface area contributed by atoms with E-state index in [1.165, 1.54) is 0 Å². The zero-order valence-electron chi connectivity index (χ0n) is 15.0. The van der Waals surface area contributed by atoms with E-state index in [-0.39, 0.29) is 30.0 Å². The van der Waals surface area contributed by atoms with Gasteiger partial charge in [-0.05, 0) is 31.7 Å². The molecule has 0 bridgehead atoms. The molecule has 5 nitrogen and oxygen atoms in total. The number of amides is 1. The first kappa shape index (κ1) is 17.8. The predicted molar refractivity (Wildman–Crippen MR) is 101 cm³/mol. The van der Waals surface area contributed by atoms with Gasteiger partial charge in [0.1, 0.15) is 0 Å². The summed E-state index contributed by atoms with van der Waals surface area (Å²) < 4.78 is 7.30. The first-order chi connectivity index (χ1) is 12.5. The molecule has 140 valence electrons. The van der Waals surface area contributed by atoms with Crippen LogP contribution in [0.25, 0.3) is 10.9 Å². The van der Waals surface area contributed by atoms with Gasteiger partial charge in [0.25, 0.3) is 5.91 Å². The van der Waals surface area contributed by atoms with Crippen molar-refractivity contribution in [2.75, 3.05) is 13.2 Å². The molecule has 1 saturated carbocycles. The lowest BCUT2D eigenvalue weighted by Crippen LogP contribution is -2.45. The summed E-state index contributed by atoms with van der Waals surface area (Å²) in [6.45, 7) is 2.64. The Labute approximate surface area is 158 Å². The number of rotatable bonds is 5. The molecule has 3 atom stereocenters. The van der Waals surface area contributed by atoms with E-state index in [0.29, 0.717) is 12.2 Å². The van der Waals surface area contributed by atoms with Gasteiger partial charge in [-0.1, -0.05) is 42.6 Å². The van der Waals surface area contributed by atoms with Crippen LogP contribution in [0.5, 0.6) is 0 Å². The normalized spacial score (nSPS) is 25.8. The number of nitrogens with one attached hydrogen (secondary N) is 1. The molecule has 1 aromatic heterocycles. The molecule has 1 saturated heterocycles. The number of carbonyl (C=O) groups is 1. The third-order valence-electron chi connectivity index (χ3n) is 5.91. The standard InChI is InChI=1S/C20H25ClN2O3/c1-20(25,13-6-2-3-7-13)12-22-19(24)15-10-23(17-11-26-18(17)21)16-9-5-4-8-14(15)16/h4-5,8-10,13,17-18,25H,2-3,6-7,11-12H2,1H3,(H,22,24). The number of hydrogen-bond acceptors (Lipinski definition) is 3. The highest BCUT2D eigenvalue weighted by Gasteiger charge is 2.35. The molecule has 2 fully saturated rings. The molecule has 1 aliphatic heterocycles. The van der Waals surface area contributed by atoms with Crippen molar-refractivity contribution in [1.29, 1.82) is 0 Å². The van der Waals surface area contributed by atoms with E-state index in [4.69, 9.17) is 16.3 Å². The number of halogens is 1. The van der Waals surface area contributed by atoms with Gasteiger partial charge >= 0.3 is 0 Å². The molecule has 1 aromatic carbocycles. The van der Waals surface area contributed by atoms with Crippen molar-refractivity contribution < 1.29 is 14.6 Å². The highest BCUT2D eigenvalue weighted by atomic mass is 35.5. The van der Waals surface area contributed by atoms with Crippen LogP contribution in [0.15, 0.2) is 30.5 Å². The Bertz CT molecular complexity index is 810. The summed E-state index contributed by atoms with van der Waals surface area (Å²) in [4.78, 5) is 12.8. The molecule has 26 heavy (non-hydrogen) atoms. The monoisotopic (exact) mass is 376 g/mol. The molecule has 1 aliphatic carbocycles. The molecule has 4 rings (SSSR count). The summed E-state index contributed by atoms with van der Waals surface area (Å²) in [6, 6.07) is 7.84. The van der Waals surface area contributed by atoms with Crippen molar-refractivity contribution in [2.24, 2.45) is 5.92 Å². The van der Waals surface area contributed by atoms with Crippen LogP contribution in [0.1, 0.15) is 49.0 Å². The molecule has 0 spiro atoms. The van der Waals surface area contributed by atoms with Gasteiger partial charge in [-0.2, -0.15) is 0 Å². The fourth-order valence-corrected chi connectivity index (χ4v) is 4.44. The van der Waals surface area contributed by atoms with Crippen LogP contribution in [0, 0.1) is 5.92 Å². The third-order valence-corrected chi connectivity index (χ3v) is 6.33. The number of carbonyl (C=O) groups excluding carboxylic acids is 1. The summed E-state index contributed by atoms with van der Waals surface area (Å²) in [5.74, 6) is 0.0952. The lowest BCUT2D eigenvalue weighted by atomic mass is 9.87. The summed E-state index contributed by atoms with van der Waals surface area (Å²) in [7, 11) is 0. The first-order valence-corrected chi connectivity index (χ1v) is 9.77. The number of fused-ring (bicyclic) bond motifs is 1. The van der Waals surface area contributed by atoms with Crippen molar-refractivity contribution in [3.8, 4) is 0 Å². The maximum atomic E-state index is 12.8. The number of aliphatic hydroxyl groups is 1. The summed E-state index contributed by atoms with van der Waals surface area (Å²) in [6.07, 6.45) is 6.23.